The second-order valence-electron chi connectivity index (χ2n) is 10.1. The zero-order valence-corrected chi connectivity index (χ0v) is 23.3. The van der Waals surface area contributed by atoms with Crippen LogP contribution in [0, 0.1) is 13.8 Å². The first-order valence-electron chi connectivity index (χ1n) is 13.6. The van der Waals surface area contributed by atoms with Crippen LogP contribution in [0.3, 0.4) is 0 Å². The Hall–Kier alpha value is -4.51. The number of unbranched alkanes of at least 4 members (excludes halogenated alkanes) is 1. The highest BCUT2D eigenvalue weighted by molar-refractivity contribution is 5.90. The molecule has 1 aliphatic heterocycles. The lowest BCUT2D eigenvalue weighted by Gasteiger charge is -2.19. The molecule has 11 nitrogen and oxygen atoms in total. The molecule has 3 heterocycles. The first kappa shape index (κ1) is 28.0. The fourth-order valence-electron chi connectivity index (χ4n) is 4.50. The number of aromatic nitrogens is 4. The zero-order valence-electron chi connectivity index (χ0n) is 23.3. The highest BCUT2D eigenvalue weighted by Crippen LogP contribution is 2.35. The van der Waals surface area contributed by atoms with Crippen molar-refractivity contribution in [2.75, 3.05) is 18.9 Å². The van der Waals surface area contributed by atoms with E-state index in [1.165, 1.54) is 0 Å². The number of nitrogens with two attached hydrogens (primary N) is 1. The van der Waals surface area contributed by atoms with E-state index in [0.717, 1.165) is 24.0 Å². The number of esters is 2. The molecule has 0 spiro atoms. The van der Waals surface area contributed by atoms with Gasteiger partial charge in [-0.15, -0.1) is 0 Å². The maximum absolute atomic E-state index is 13.0. The van der Waals surface area contributed by atoms with Crippen molar-refractivity contribution in [3.63, 3.8) is 0 Å². The number of carbonyl (C=O) groups excluding carboxylic acids is 2. The van der Waals surface area contributed by atoms with Crippen molar-refractivity contribution >= 4 is 29.1 Å². The molecular formula is C30H33N5O6. The van der Waals surface area contributed by atoms with Crippen LogP contribution < -0.4 is 10.5 Å². The summed E-state index contributed by atoms with van der Waals surface area (Å²) in [6.07, 6.45) is 1.58. The van der Waals surface area contributed by atoms with E-state index in [9.17, 15) is 9.59 Å². The minimum Gasteiger partial charge on any atom is -0.476 e. The Labute approximate surface area is 237 Å². The molecule has 1 fully saturated rings. The van der Waals surface area contributed by atoms with Crippen molar-refractivity contribution in [2.24, 2.45) is 0 Å². The average Bonchev–Trinajstić information content (AvgIpc) is 3.56. The number of benzene rings is 2. The summed E-state index contributed by atoms with van der Waals surface area (Å²) < 4.78 is 25.3. The normalized spacial score (nSPS) is 18.4. The summed E-state index contributed by atoms with van der Waals surface area (Å²) in [5, 5.41) is 0. The molecule has 0 radical (unpaired) electrons. The standard InChI is InChI=1S/C30H33N5O6/c1-4-5-14-38-27-25-26(33-30(31)34-27)35(17-32-25)24-15-22(41-29(37)21-12-8-19(3)9-13-21)23(40-24)16-39-28(36)20-10-6-18(2)7-11-20/h6-13,17,22-24H,4-5,14-16H2,1-3H3,(H2,31,33,34)/t22-,23+,24+/m0/s1. The zero-order chi connectivity index (χ0) is 28.9. The van der Waals surface area contributed by atoms with E-state index >= 15 is 0 Å². The number of aryl methyl sites for hydroxylation is 2. The maximum Gasteiger partial charge on any atom is 0.338 e. The Morgan fingerprint density at radius 3 is 2.32 bits per heavy atom. The smallest absolute Gasteiger partial charge is 0.338 e. The van der Waals surface area contributed by atoms with Crippen molar-refractivity contribution in [1.29, 1.82) is 0 Å². The van der Waals surface area contributed by atoms with Crippen molar-refractivity contribution < 1.29 is 28.5 Å². The van der Waals surface area contributed by atoms with E-state index in [1.807, 2.05) is 38.1 Å². The van der Waals surface area contributed by atoms with Crippen molar-refractivity contribution in [3.8, 4) is 5.88 Å². The number of hydrogen-bond donors (Lipinski definition) is 1. The molecule has 0 saturated carbocycles. The van der Waals surface area contributed by atoms with Gasteiger partial charge in [0.05, 0.1) is 24.1 Å². The third kappa shape index (κ3) is 6.46. The molecule has 3 atom stereocenters. The number of imidazole rings is 1. The molecule has 41 heavy (non-hydrogen) atoms. The number of rotatable bonds is 10. The first-order chi connectivity index (χ1) is 19.8. The molecule has 11 heteroatoms. The van der Waals surface area contributed by atoms with Crippen LogP contribution in [0.2, 0.25) is 0 Å². The summed E-state index contributed by atoms with van der Waals surface area (Å²) in [6, 6.07) is 14.2. The van der Waals surface area contributed by atoms with Crippen molar-refractivity contribution in [2.45, 2.75) is 58.5 Å². The van der Waals surface area contributed by atoms with Gasteiger partial charge in [-0.25, -0.2) is 14.6 Å². The van der Waals surface area contributed by atoms with Gasteiger partial charge in [-0.1, -0.05) is 48.7 Å². The number of carbonyl (C=O) groups is 2. The van der Waals surface area contributed by atoms with Crippen LogP contribution in [0.25, 0.3) is 11.2 Å². The topological polar surface area (TPSA) is 141 Å². The number of ether oxygens (including phenoxy) is 4. The van der Waals surface area contributed by atoms with Crippen LogP contribution in [0.4, 0.5) is 5.95 Å². The van der Waals surface area contributed by atoms with Crippen LogP contribution >= 0.6 is 0 Å². The molecular weight excluding hydrogens is 526 g/mol. The Morgan fingerprint density at radius 1 is 1.00 bits per heavy atom. The lowest BCUT2D eigenvalue weighted by atomic mass is 10.1. The summed E-state index contributed by atoms with van der Waals surface area (Å²) in [5.74, 6) is -0.663. The van der Waals surface area contributed by atoms with Crippen molar-refractivity contribution in [1.82, 2.24) is 19.5 Å². The SMILES string of the molecule is CCCCOc1nc(N)nc2c1ncn2[C@H]1C[C@H](OC(=O)c2ccc(C)cc2)[C@@H](COC(=O)c2ccc(C)cc2)O1. The molecule has 1 saturated heterocycles. The van der Waals surface area contributed by atoms with Crippen LogP contribution in [0.5, 0.6) is 5.88 Å². The van der Waals surface area contributed by atoms with Gasteiger partial charge in [0.25, 0.3) is 0 Å². The summed E-state index contributed by atoms with van der Waals surface area (Å²) >= 11 is 0. The Kier molecular flexibility index (Phi) is 8.44. The minimum absolute atomic E-state index is 0.0367. The molecule has 0 aliphatic carbocycles. The van der Waals surface area contributed by atoms with Crippen LogP contribution in [-0.4, -0.2) is 56.9 Å². The monoisotopic (exact) mass is 559 g/mol. The Bertz CT molecular complexity index is 1520. The fourth-order valence-corrected chi connectivity index (χ4v) is 4.50. The second-order valence-corrected chi connectivity index (χ2v) is 10.1. The van der Waals surface area contributed by atoms with Gasteiger partial charge >= 0.3 is 11.9 Å². The molecule has 214 valence electrons. The number of hydrogen-bond acceptors (Lipinski definition) is 10. The highest BCUT2D eigenvalue weighted by Gasteiger charge is 2.41. The van der Waals surface area contributed by atoms with E-state index in [0.29, 0.717) is 34.8 Å². The molecule has 0 bridgehead atoms. The van der Waals surface area contributed by atoms with Gasteiger partial charge in [0.2, 0.25) is 11.8 Å². The summed E-state index contributed by atoms with van der Waals surface area (Å²) in [5.41, 5.74) is 9.75. The molecule has 4 aromatic rings. The van der Waals surface area contributed by atoms with Gasteiger partial charge in [0.1, 0.15) is 25.0 Å². The van der Waals surface area contributed by atoms with Crippen LogP contribution in [0.1, 0.15) is 64.3 Å². The lowest BCUT2D eigenvalue weighted by molar-refractivity contribution is -0.0563. The van der Waals surface area contributed by atoms with Gasteiger partial charge in [0, 0.05) is 6.42 Å². The predicted octanol–water partition coefficient (Wildman–Crippen LogP) is 4.57. The number of fused-ring (bicyclic) bond motifs is 1. The minimum atomic E-state index is -0.735. The Balaban J connectivity index is 1.37. The van der Waals surface area contributed by atoms with Gasteiger partial charge in [-0.05, 0) is 44.5 Å². The molecule has 1 aliphatic rings. The quantitative estimate of drug-likeness (QED) is 0.217. The molecule has 0 amide bonds. The van der Waals surface area contributed by atoms with Crippen LogP contribution in [0.15, 0.2) is 54.9 Å². The van der Waals surface area contributed by atoms with E-state index in [-0.39, 0.29) is 19.0 Å². The molecule has 2 aromatic heterocycles. The van der Waals surface area contributed by atoms with Gasteiger partial charge in [-0.2, -0.15) is 9.97 Å². The average molecular weight is 560 g/mol. The van der Waals surface area contributed by atoms with E-state index in [2.05, 4.69) is 21.9 Å². The number of anilines is 1. The first-order valence-corrected chi connectivity index (χ1v) is 13.6. The molecule has 5 rings (SSSR count). The molecule has 2 N–H and O–H groups in total. The largest absolute Gasteiger partial charge is 0.476 e. The summed E-state index contributed by atoms with van der Waals surface area (Å²) in [7, 11) is 0. The molecule has 0 unspecified atom stereocenters. The predicted molar refractivity (Wildman–Crippen MR) is 151 cm³/mol. The van der Waals surface area contributed by atoms with E-state index < -0.39 is 30.4 Å². The molecule has 2 aromatic carbocycles. The third-order valence-electron chi connectivity index (χ3n) is 6.85. The third-order valence-corrected chi connectivity index (χ3v) is 6.85. The fraction of sp³-hybridized carbons (Fsp3) is 0.367. The maximum atomic E-state index is 13.0. The van der Waals surface area contributed by atoms with E-state index in [4.69, 9.17) is 24.7 Å². The number of nitrogens with zero attached hydrogens (tertiary/aromatic N) is 4. The second kappa shape index (κ2) is 12.3. The summed E-state index contributed by atoms with van der Waals surface area (Å²) in [4.78, 5) is 38.8. The highest BCUT2D eigenvalue weighted by atomic mass is 16.6. The van der Waals surface area contributed by atoms with Gasteiger partial charge < -0.3 is 24.7 Å². The lowest BCUT2D eigenvalue weighted by Crippen LogP contribution is -2.32. The van der Waals surface area contributed by atoms with E-state index in [1.54, 1.807) is 35.2 Å². The Morgan fingerprint density at radius 2 is 1.66 bits per heavy atom. The summed E-state index contributed by atoms with van der Waals surface area (Å²) in [6.45, 7) is 6.29. The van der Waals surface area contributed by atoms with Crippen molar-refractivity contribution in [3.05, 3.63) is 77.1 Å². The van der Waals surface area contributed by atoms with Gasteiger partial charge in [-0.3, -0.25) is 4.57 Å². The number of nitrogen functional groups attached to an aromatic ring is 1. The van der Waals surface area contributed by atoms with Crippen LogP contribution in [-0.2, 0) is 14.2 Å². The van der Waals surface area contributed by atoms with Gasteiger partial charge in [0.15, 0.2) is 11.2 Å².